The lowest BCUT2D eigenvalue weighted by atomic mass is 9.92. The van der Waals surface area contributed by atoms with E-state index in [2.05, 4.69) is 0 Å². The molecule has 1 unspecified atom stereocenters. The number of para-hydroxylation sites is 1. The molecule has 0 spiro atoms. The zero-order valence-corrected chi connectivity index (χ0v) is 16.5. The topological polar surface area (TPSA) is 75.9 Å². The third-order valence-electron chi connectivity index (χ3n) is 5.48. The highest BCUT2D eigenvalue weighted by atomic mass is 35.5. The van der Waals surface area contributed by atoms with E-state index in [1.165, 1.54) is 0 Å². The van der Waals surface area contributed by atoms with Crippen molar-refractivity contribution < 1.29 is 14.3 Å². The fourth-order valence-corrected chi connectivity index (χ4v) is 3.90. The van der Waals surface area contributed by atoms with Crippen LogP contribution in [0.2, 0.25) is 0 Å². The second-order valence-corrected chi connectivity index (χ2v) is 7.17. The molecule has 7 heteroatoms. The van der Waals surface area contributed by atoms with Gasteiger partial charge >= 0.3 is 0 Å². The van der Waals surface area contributed by atoms with Crippen molar-refractivity contribution in [2.24, 2.45) is 11.7 Å². The lowest BCUT2D eigenvalue weighted by Gasteiger charge is -2.39. The maximum atomic E-state index is 12.9. The number of benzene rings is 1. The standard InChI is InChI=1S/C20H29N3O3.ClH/c21-14-17-6-4-5-11-23(17)20(25)16-9-12-22(13-10-16)19(24)15-26-18-7-2-1-3-8-18;/h1-3,7-8,16-17H,4-6,9-15,21H2;1H. The number of hydrogen-bond donors (Lipinski definition) is 1. The first-order chi connectivity index (χ1) is 12.7. The maximum absolute atomic E-state index is 12.9. The molecule has 3 rings (SSSR count). The summed E-state index contributed by atoms with van der Waals surface area (Å²) in [5.74, 6) is 0.926. The van der Waals surface area contributed by atoms with E-state index in [9.17, 15) is 9.59 Å². The zero-order chi connectivity index (χ0) is 18.4. The predicted octanol–water partition coefficient (Wildman–Crippen LogP) is 2.07. The number of piperidine rings is 2. The molecule has 0 bridgehead atoms. The van der Waals surface area contributed by atoms with Crippen molar-refractivity contribution in [2.45, 2.75) is 38.1 Å². The maximum Gasteiger partial charge on any atom is 0.260 e. The van der Waals surface area contributed by atoms with Crippen LogP contribution in [0.25, 0.3) is 0 Å². The number of carbonyl (C=O) groups excluding carboxylic acids is 2. The summed E-state index contributed by atoms with van der Waals surface area (Å²) >= 11 is 0. The molecule has 2 fully saturated rings. The second-order valence-electron chi connectivity index (χ2n) is 7.17. The molecule has 1 atom stereocenters. The SMILES string of the molecule is Cl.NCC1CCCCN1C(=O)C1CCN(C(=O)COc2ccccc2)CC1. The summed E-state index contributed by atoms with van der Waals surface area (Å²) in [4.78, 5) is 29.0. The lowest BCUT2D eigenvalue weighted by Crippen LogP contribution is -2.51. The number of hydrogen-bond acceptors (Lipinski definition) is 4. The third kappa shape index (κ3) is 5.59. The molecule has 27 heavy (non-hydrogen) atoms. The molecule has 150 valence electrons. The van der Waals surface area contributed by atoms with Crippen molar-refractivity contribution in [3.05, 3.63) is 30.3 Å². The summed E-state index contributed by atoms with van der Waals surface area (Å²) in [6, 6.07) is 9.54. The van der Waals surface area contributed by atoms with Crippen LogP contribution in [0.15, 0.2) is 30.3 Å². The van der Waals surface area contributed by atoms with Gasteiger partial charge in [-0.2, -0.15) is 0 Å². The van der Waals surface area contributed by atoms with Crippen molar-refractivity contribution in [2.75, 3.05) is 32.8 Å². The van der Waals surface area contributed by atoms with Crippen LogP contribution in [0.3, 0.4) is 0 Å². The average Bonchev–Trinajstić information content (AvgIpc) is 2.72. The highest BCUT2D eigenvalue weighted by Gasteiger charge is 2.33. The Morgan fingerprint density at radius 1 is 1.04 bits per heavy atom. The molecule has 0 saturated carbocycles. The highest BCUT2D eigenvalue weighted by molar-refractivity contribution is 5.85. The van der Waals surface area contributed by atoms with E-state index in [1.807, 2.05) is 40.1 Å². The van der Waals surface area contributed by atoms with Crippen LogP contribution < -0.4 is 10.5 Å². The van der Waals surface area contributed by atoms with Gasteiger partial charge in [0.25, 0.3) is 5.91 Å². The minimum absolute atomic E-state index is 0. The number of ether oxygens (including phenoxy) is 1. The van der Waals surface area contributed by atoms with E-state index in [-0.39, 0.29) is 42.8 Å². The van der Waals surface area contributed by atoms with Gasteiger partial charge in [0.15, 0.2) is 6.61 Å². The molecule has 0 aromatic heterocycles. The molecule has 2 saturated heterocycles. The van der Waals surface area contributed by atoms with Gasteiger partial charge in [0, 0.05) is 38.1 Å². The van der Waals surface area contributed by atoms with Crippen LogP contribution in [-0.4, -0.2) is 60.4 Å². The minimum atomic E-state index is -0.0161. The van der Waals surface area contributed by atoms with E-state index < -0.39 is 0 Å². The number of halogens is 1. The summed E-state index contributed by atoms with van der Waals surface area (Å²) in [6.45, 7) is 2.65. The first-order valence-electron chi connectivity index (χ1n) is 9.65. The van der Waals surface area contributed by atoms with E-state index in [0.29, 0.717) is 25.4 Å². The van der Waals surface area contributed by atoms with Gasteiger partial charge in [-0.15, -0.1) is 12.4 Å². The molecular formula is C20H30ClN3O3. The van der Waals surface area contributed by atoms with Gasteiger partial charge in [-0.05, 0) is 44.2 Å². The van der Waals surface area contributed by atoms with Crippen LogP contribution >= 0.6 is 12.4 Å². The van der Waals surface area contributed by atoms with Gasteiger partial charge in [-0.3, -0.25) is 9.59 Å². The summed E-state index contributed by atoms with van der Waals surface area (Å²) < 4.78 is 5.54. The Hall–Kier alpha value is -1.79. The molecule has 1 aromatic carbocycles. The molecular weight excluding hydrogens is 366 g/mol. The lowest BCUT2D eigenvalue weighted by molar-refractivity contribution is -0.144. The Bertz CT molecular complexity index is 606. The fraction of sp³-hybridized carbons (Fsp3) is 0.600. The van der Waals surface area contributed by atoms with Gasteiger partial charge < -0.3 is 20.3 Å². The molecule has 2 aliphatic heterocycles. The Labute approximate surface area is 167 Å². The fourth-order valence-electron chi connectivity index (χ4n) is 3.90. The van der Waals surface area contributed by atoms with Gasteiger partial charge in [0.1, 0.15) is 5.75 Å². The van der Waals surface area contributed by atoms with Crippen LogP contribution in [0.1, 0.15) is 32.1 Å². The van der Waals surface area contributed by atoms with Gasteiger partial charge in [-0.1, -0.05) is 18.2 Å². The quantitative estimate of drug-likeness (QED) is 0.828. The first kappa shape index (κ1) is 21.5. The summed E-state index contributed by atoms with van der Waals surface area (Å²) in [5, 5.41) is 0. The summed E-state index contributed by atoms with van der Waals surface area (Å²) in [6.07, 6.45) is 4.68. The predicted molar refractivity (Wildman–Crippen MR) is 107 cm³/mol. The Kier molecular flexibility index (Phi) is 8.38. The number of rotatable bonds is 5. The van der Waals surface area contributed by atoms with Crippen LogP contribution in [-0.2, 0) is 9.59 Å². The third-order valence-corrected chi connectivity index (χ3v) is 5.48. The van der Waals surface area contributed by atoms with E-state index >= 15 is 0 Å². The molecule has 2 N–H and O–H groups in total. The molecule has 1 aromatic rings. The normalized spacial score (nSPS) is 20.7. The second kappa shape index (κ2) is 10.5. The number of nitrogens with two attached hydrogens (primary N) is 1. The zero-order valence-electron chi connectivity index (χ0n) is 15.7. The summed E-state index contributed by atoms with van der Waals surface area (Å²) in [5.41, 5.74) is 5.84. The number of carbonyl (C=O) groups is 2. The number of nitrogens with zero attached hydrogens (tertiary/aromatic N) is 2. The highest BCUT2D eigenvalue weighted by Crippen LogP contribution is 2.24. The van der Waals surface area contributed by atoms with Gasteiger partial charge in [0.05, 0.1) is 0 Å². The minimum Gasteiger partial charge on any atom is -0.484 e. The smallest absolute Gasteiger partial charge is 0.260 e. The van der Waals surface area contributed by atoms with E-state index in [0.717, 1.165) is 38.6 Å². The molecule has 2 aliphatic rings. The van der Waals surface area contributed by atoms with Crippen molar-refractivity contribution >= 4 is 24.2 Å². The van der Waals surface area contributed by atoms with Crippen molar-refractivity contribution in [3.8, 4) is 5.75 Å². The number of amides is 2. The Morgan fingerprint density at radius 2 is 1.74 bits per heavy atom. The number of likely N-dealkylation sites (tertiary alicyclic amines) is 2. The van der Waals surface area contributed by atoms with Crippen LogP contribution in [0, 0.1) is 5.92 Å². The van der Waals surface area contributed by atoms with E-state index in [4.69, 9.17) is 10.5 Å². The van der Waals surface area contributed by atoms with Crippen LogP contribution in [0.4, 0.5) is 0 Å². The molecule has 6 nitrogen and oxygen atoms in total. The Morgan fingerprint density at radius 3 is 2.41 bits per heavy atom. The summed E-state index contributed by atoms with van der Waals surface area (Å²) in [7, 11) is 0. The van der Waals surface area contributed by atoms with Crippen molar-refractivity contribution in [1.82, 2.24) is 9.80 Å². The monoisotopic (exact) mass is 395 g/mol. The molecule has 2 heterocycles. The molecule has 0 radical (unpaired) electrons. The molecule has 0 aliphatic carbocycles. The van der Waals surface area contributed by atoms with E-state index in [1.54, 1.807) is 0 Å². The van der Waals surface area contributed by atoms with Crippen molar-refractivity contribution in [3.63, 3.8) is 0 Å². The average molecular weight is 396 g/mol. The van der Waals surface area contributed by atoms with Crippen molar-refractivity contribution in [1.29, 1.82) is 0 Å². The Balaban J connectivity index is 0.00000261. The molecule has 2 amide bonds. The van der Waals surface area contributed by atoms with Gasteiger partial charge in [0.2, 0.25) is 5.91 Å². The van der Waals surface area contributed by atoms with Gasteiger partial charge in [-0.25, -0.2) is 0 Å². The largest absolute Gasteiger partial charge is 0.484 e. The first-order valence-corrected chi connectivity index (χ1v) is 9.65. The van der Waals surface area contributed by atoms with Crippen LogP contribution in [0.5, 0.6) is 5.75 Å².